The molecule has 0 radical (unpaired) electrons. The molecule has 1 aromatic heterocycles. The molecule has 0 amide bonds. The first kappa shape index (κ1) is 20.1. The summed E-state index contributed by atoms with van der Waals surface area (Å²) in [6.07, 6.45) is 6.35. The van der Waals surface area contributed by atoms with Crippen molar-refractivity contribution in [3.63, 3.8) is 0 Å². The van der Waals surface area contributed by atoms with Crippen molar-refractivity contribution in [1.82, 2.24) is 4.98 Å². The van der Waals surface area contributed by atoms with Crippen LogP contribution in [0.1, 0.15) is 44.4 Å². The van der Waals surface area contributed by atoms with Crippen LogP contribution < -0.4 is 9.62 Å². The topological polar surface area (TPSA) is 75.4 Å². The lowest BCUT2D eigenvalue weighted by atomic mass is 9.99. The lowest BCUT2D eigenvalue weighted by Gasteiger charge is -2.32. The third-order valence-electron chi connectivity index (χ3n) is 6.17. The number of aromatic nitrogens is 1. The number of rotatable bonds is 6. The van der Waals surface area contributed by atoms with E-state index in [0.29, 0.717) is 17.4 Å². The Kier molecular flexibility index (Phi) is 5.22. The number of sulfonamides is 1. The first-order valence-electron chi connectivity index (χ1n) is 10.9. The van der Waals surface area contributed by atoms with Crippen LogP contribution in [0.25, 0.3) is 11.3 Å². The van der Waals surface area contributed by atoms with Gasteiger partial charge in [-0.1, -0.05) is 6.92 Å². The van der Waals surface area contributed by atoms with Gasteiger partial charge in [0, 0.05) is 35.9 Å². The molecule has 2 aromatic carbocycles. The standard InChI is InChI=1S/C24H27N3O3S/c1-17-12-14-27(15-13-17)21-8-6-20(7-9-21)26-31(28,29)22-10-4-18(5-11-22)23-16-25-24(30-23)19-2-3-19/h4-11,16-17,19,26H,2-3,12-15H2,1H3. The molecule has 0 spiro atoms. The summed E-state index contributed by atoms with van der Waals surface area (Å²) < 4.78 is 34.1. The van der Waals surface area contributed by atoms with Crippen molar-refractivity contribution in [2.75, 3.05) is 22.7 Å². The van der Waals surface area contributed by atoms with Crippen LogP contribution in [0.15, 0.2) is 64.0 Å². The van der Waals surface area contributed by atoms with Gasteiger partial charge in [-0.15, -0.1) is 0 Å². The van der Waals surface area contributed by atoms with Crippen LogP contribution in [0, 0.1) is 5.92 Å². The highest BCUT2D eigenvalue weighted by Gasteiger charge is 2.28. The Morgan fingerprint density at radius 1 is 0.968 bits per heavy atom. The van der Waals surface area contributed by atoms with Gasteiger partial charge in [0.2, 0.25) is 0 Å². The Morgan fingerprint density at radius 2 is 1.65 bits per heavy atom. The van der Waals surface area contributed by atoms with E-state index in [4.69, 9.17) is 4.42 Å². The third-order valence-corrected chi connectivity index (χ3v) is 7.56. The molecule has 1 aliphatic heterocycles. The smallest absolute Gasteiger partial charge is 0.261 e. The Labute approximate surface area is 183 Å². The highest BCUT2D eigenvalue weighted by molar-refractivity contribution is 7.92. The quantitative estimate of drug-likeness (QED) is 0.570. The number of anilines is 2. The van der Waals surface area contributed by atoms with E-state index in [9.17, 15) is 8.42 Å². The highest BCUT2D eigenvalue weighted by Crippen LogP contribution is 2.40. The van der Waals surface area contributed by atoms with Crippen LogP contribution in [0.2, 0.25) is 0 Å². The first-order valence-corrected chi connectivity index (χ1v) is 12.4. The molecule has 5 rings (SSSR count). The van der Waals surface area contributed by atoms with E-state index in [1.165, 1.54) is 12.8 Å². The first-order chi connectivity index (χ1) is 15.0. The third kappa shape index (κ3) is 4.46. The monoisotopic (exact) mass is 437 g/mol. The van der Waals surface area contributed by atoms with Gasteiger partial charge in [0.25, 0.3) is 10.0 Å². The van der Waals surface area contributed by atoms with Gasteiger partial charge in [-0.2, -0.15) is 0 Å². The van der Waals surface area contributed by atoms with E-state index in [-0.39, 0.29) is 4.90 Å². The van der Waals surface area contributed by atoms with Crippen molar-refractivity contribution in [3.8, 4) is 11.3 Å². The zero-order valence-corrected chi connectivity index (χ0v) is 18.4. The number of piperidine rings is 1. The fourth-order valence-electron chi connectivity index (χ4n) is 3.96. The van der Waals surface area contributed by atoms with Gasteiger partial charge < -0.3 is 9.32 Å². The predicted molar refractivity (Wildman–Crippen MR) is 122 cm³/mol. The van der Waals surface area contributed by atoms with Crippen molar-refractivity contribution >= 4 is 21.4 Å². The summed E-state index contributed by atoms with van der Waals surface area (Å²) in [7, 11) is -3.67. The summed E-state index contributed by atoms with van der Waals surface area (Å²) in [4.78, 5) is 6.90. The molecule has 6 nitrogen and oxygen atoms in total. The number of nitrogens with zero attached hydrogens (tertiary/aromatic N) is 2. The van der Waals surface area contributed by atoms with Crippen molar-refractivity contribution in [2.24, 2.45) is 5.92 Å². The van der Waals surface area contributed by atoms with Gasteiger partial charge in [0.1, 0.15) is 0 Å². The molecule has 1 N–H and O–H groups in total. The van der Waals surface area contributed by atoms with Gasteiger partial charge in [-0.3, -0.25) is 4.72 Å². The average Bonchev–Trinajstić information content (AvgIpc) is 3.51. The van der Waals surface area contributed by atoms with Crippen LogP contribution in [-0.4, -0.2) is 26.5 Å². The van der Waals surface area contributed by atoms with Crippen molar-refractivity contribution < 1.29 is 12.8 Å². The van der Waals surface area contributed by atoms with E-state index in [2.05, 4.69) is 21.5 Å². The summed E-state index contributed by atoms with van der Waals surface area (Å²) in [6.45, 7) is 4.39. The van der Waals surface area contributed by atoms with Gasteiger partial charge in [-0.05, 0) is 80.1 Å². The van der Waals surface area contributed by atoms with Crippen LogP contribution in [0.4, 0.5) is 11.4 Å². The second-order valence-corrected chi connectivity index (χ2v) is 10.4. The zero-order valence-electron chi connectivity index (χ0n) is 17.6. The molecule has 1 saturated heterocycles. The molecule has 162 valence electrons. The molecular weight excluding hydrogens is 410 g/mol. The minimum atomic E-state index is -3.67. The predicted octanol–water partition coefficient (Wildman–Crippen LogP) is 5.26. The van der Waals surface area contributed by atoms with Crippen LogP contribution in [-0.2, 0) is 10.0 Å². The molecule has 0 atom stereocenters. The van der Waals surface area contributed by atoms with E-state index in [1.54, 1.807) is 30.5 Å². The molecule has 1 saturated carbocycles. The summed E-state index contributed by atoms with van der Waals surface area (Å²) in [5.74, 6) is 2.66. The number of nitrogens with one attached hydrogen (secondary N) is 1. The summed E-state index contributed by atoms with van der Waals surface area (Å²) in [5, 5.41) is 0. The molecule has 3 aromatic rings. The number of hydrogen-bond donors (Lipinski definition) is 1. The molecule has 2 aliphatic rings. The lowest BCUT2D eigenvalue weighted by molar-refractivity contribution is 0.438. The normalized spacial score (nSPS) is 17.6. The SMILES string of the molecule is CC1CCN(c2ccc(NS(=O)(=O)c3ccc(-c4cnc(C5CC5)o4)cc3)cc2)CC1. The van der Waals surface area contributed by atoms with E-state index in [1.807, 2.05) is 24.3 Å². The molecule has 7 heteroatoms. The molecular formula is C24H27N3O3S. The maximum absolute atomic E-state index is 12.8. The highest BCUT2D eigenvalue weighted by atomic mass is 32.2. The molecule has 2 heterocycles. The largest absolute Gasteiger partial charge is 0.440 e. The molecule has 2 fully saturated rings. The summed E-state index contributed by atoms with van der Waals surface area (Å²) in [6, 6.07) is 14.3. The lowest BCUT2D eigenvalue weighted by Crippen LogP contribution is -2.32. The van der Waals surface area contributed by atoms with Gasteiger partial charge in [0.05, 0.1) is 11.1 Å². The Hall–Kier alpha value is -2.80. The van der Waals surface area contributed by atoms with E-state index >= 15 is 0 Å². The van der Waals surface area contributed by atoms with Crippen molar-refractivity contribution in [1.29, 1.82) is 0 Å². The number of benzene rings is 2. The van der Waals surface area contributed by atoms with Crippen LogP contribution in [0.3, 0.4) is 0 Å². The molecule has 31 heavy (non-hydrogen) atoms. The molecule has 0 bridgehead atoms. The fraction of sp³-hybridized carbons (Fsp3) is 0.375. The number of oxazole rings is 1. The fourth-order valence-corrected chi connectivity index (χ4v) is 5.02. The summed E-state index contributed by atoms with van der Waals surface area (Å²) in [5.41, 5.74) is 2.51. The average molecular weight is 438 g/mol. The van der Waals surface area contributed by atoms with E-state index in [0.717, 1.165) is 49.0 Å². The molecule has 0 unspecified atom stereocenters. The molecule has 1 aliphatic carbocycles. The van der Waals surface area contributed by atoms with Crippen molar-refractivity contribution in [3.05, 3.63) is 60.6 Å². The Bertz CT molecular complexity index is 1140. The van der Waals surface area contributed by atoms with Crippen LogP contribution in [0.5, 0.6) is 0 Å². The summed E-state index contributed by atoms with van der Waals surface area (Å²) >= 11 is 0. The maximum Gasteiger partial charge on any atom is 0.261 e. The Morgan fingerprint density at radius 3 is 2.29 bits per heavy atom. The van der Waals surface area contributed by atoms with Crippen molar-refractivity contribution in [2.45, 2.75) is 43.4 Å². The van der Waals surface area contributed by atoms with Gasteiger partial charge >= 0.3 is 0 Å². The zero-order chi connectivity index (χ0) is 21.4. The minimum Gasteiger partial charge on any atom is -0.440 e. The second-order valence-electron chi connectivity index (χ2n) is 8.68. The van der Waals surface area contributed by atoms with Crippen LogP contribution >= 0.6 is 0 Å². The second kappa shape index (κ2) is 8.04. The van der Waals surface area contributed by atoms with Gasteiger partial charge in [-0.25, -0.2) is 13.4 Å². The maximum atomic E-state index is 12.8. The van der Waals surface area contributed by atoms with E-state index < -0.39 is 10.0 Å². The Balaban J connectivity index is 1.26. The minimum absolute atomic E-state index is 0.215. The van der Waals surface area contributed by atoms with Gasteiger partial charge in [0.15, 0.2) is 11.7 Å². The number of hydrogen-bond acceptors (Lipinski definition) is 5.